The fraction of sp³-hybridized carbons (Fsp3) is 0.419. The van der Waals surface area contributed by atoms with E-state index in [0.29, 0.717) is 11.5 Å². The summed E-state index contributed by atoms with van der Waals surface area (Å²) in [6.45, 7) is 17.8. The van der Waals surface area contributed by atoms with Crippen molar-refractivity contribution < 1.29 is 10.2 Å². The van der Waals surface area contributed by atoms with E-state index >= 15 is 0 Å². The van der Waals surface area contributed by atoms with Crippen LogP contribution in [-0.2, 0) is 17.4 Å². The van der Waals surface area contributed by atoms with Crippen LogP contribution in [0.3, 0.4) is 0 Å². The van der Waals surface area contributed by atoms with Gasteiger partial charge in [0.1, 0.15) is 11.5 Å². The standard InChI is InChI=1S/C31H42NO2P/c1-20-15-23(30(3,4)5)28(33)26(17-20)35(25-14-12-11-13-22(25)19-32(9)10)27-18-21(2)16-24(29(27)34)31(6,7)8/h11-18,33-34H,19H2,1-10H3. The van der Waals surface area contributed by atoms with Gasteiger partial charge in [-0.2, -0.15) is 0 Å². The van der Waals surface area contributed by atoms with Crippen molar-refractivity contribution in [3.05, 3.63) is 76.3 Å². The van der Waals surface area contributed by atoms with E-state index in [9.17, 15) is 10.2 Å². The van der Waals surface area contributed by atoms with E-state index in [1.807, 2.05) is 0 Å². The Morgan fingerprint density at radius 3 is 1.51 bits per heavy atom. The van der Waals surface area contributed by atoms with Gasteiger partial charge in [-0.15, -0.1) is 0 Å². The van der Waals surface area contributed by atoms with Gasteiger partial charge < -0.3 is 15.1 Å². The topological polar surface area (TPSA) is 43.7 Å². The second-order valence-corrected chi connectivity index (χ2v) is 14.2. The zero-order valence-electron chi connectivity index (χ0n) is 23.1. The second-order valence-electron chi connectivity index (χ2n) is 12.1. The molecule has 3 rings (SSSR count). The maximum absolute atomic E-state index is 11.7. The summed E-state index contributed by atoms with van der Waals surface area (Å²) < 4.78 is 0. The molecule has 0 unspecified atom stereocenters. The lowest BCUT2D eigenvalue weighted by Gasteiger charge is -2.30. The molecule has 0 saturated carbocycles. The Bertz CT molecular complexity index is 1150. The predicted molar refractivity (Wildman–Crippen MR) is 153 cm³/mol. The normalized spacial score (nSPS) is 12.6. The lowest BCUT2D eigenvalue weighted by molar-refractivity contribution is 0.403. The summed E-state index contributed by atoms with van der Waals surface area (Å²) in [7, 11) is 2.92. The first-order valence-electron chi connectivity index (χ1n) is 12.3. The van der Waals surface area contributed by atoms with Crippen LogP contribution in [0, 0.1) is 13.8 Å². The van der Waals surface area contributed by atoms with Crippen molar-refractivity contribution in [1.82, 2.24) is 4.90 Å². The molecule has 0 aliphatic carbocycles. The number of phenolic OH excluding ortho intramolecular Hbond substituents is 2. The van der Waals surface area contributed by atoms with Gasteiger partial charge in [0.15, 0.2) is 0 Å². The van der Waals surface area contributed by atoms with Crippen LogP contribution in [0.4, 0.5) is 0 Å². The van der Waals surface area contributed by atoms with Gasteiger partial charge in [-0.05, 0) is 80.8 Å². The Morgan fingerprint density at radius 1 is 0.686 bits per heavy atom. The summed E-state index contributed by atoms with van der Waals surface area (Å²) in [6, 6.07) is 16.9. The molecular formula is C31H42NO2P. The van der Waals surface area contributed by atoms with Crippen molar-refractivity contribution in [2.75, 3.05) is 14.1 Å². The molecule has 0 saturated heterocycles. The van der Waals surface area contributed by atoms with E-state index in [1.165, 1.54) is 5.56 Å². The van der Waals surface area contributed by atoms with Crippen LogP contribution in [0.1, 0.15) is 69.4 Å². The summed E-state index contributed by atoms with van der Waals surface area (Å²) in [5, 5.41) is 26.4. The maximum atomic E-state index is 11.7. The molecule has 0 aromatic heterocycles. The third-order valence-electron chi connectivity index (χ3n) is 6.29. The van der Waals surface area contributed by atoms with Crippen LogP contribution in [0.2, 0.25) is 0 Å². The summed E-state index contributed by atoms with van der Waals surface area (Å²) in [5.74, 6) is 0.680. The Kier molecular flexibility index (Phi) is 7.75. The highest BCUT2D eigenvalue weighted by Crippen LogP contribution is 2.45. The van der Waals surface area contributed by atoms with Gasteiger partial charge in [0.05, 0.1) is 0 Å². The first-order valence-corrected chi connectivity index (χ1v) is 13.7. The number of aromatic hydroxyl groups is 2. The molecule has 188 valence electrons. The van der Waals surface area contributed by atoms with Gasteiger partial charge in [0, 0.05) is 28.3 Å². The first kappa shape index (κ1) is 27.2. The molecule has 0 aliphatic heterocycles. The highest BCUT2D eigenvalue weighted by molar-refractivity contribution is 7.80. The zero-order valence-corrected chi connectivity index (χ0v) is 24.0. The second kappa shape index (κ2) is 9.96. The fourth-order valence-corrected chi connectivity index (χ4v) is 7.37. The molecule has 35 heavy (non-hydrogen) atoms. The van der Waals surface area contributed by atoms with Crippen LogP contribution in [0.15, 0.2) is 48.5 Å². The number of hydrogen-bond donors (Lipinski definition) is 2. The lowest BCUT2D eigenvalue weighted by Crippen LogP contribution is -2.28. The molecule has 0 fully saturated rings. The molecule has 0 aliphatic rings. The average molecular weight is 492 g/mol. The van der Waals surface area contributed by atoms with E-state index in [4.69, 9.17) is 0 Å². The van der Waals surface area contributed by atoms with Crippen LogP contribution >= 0.6 is 7.92 Å². The van der Waals surface area contributed by atoms with Crippen molar-refractivity contribution in [3.8, 4) is 11.5 Å². The highest BCUT2D eigenvalue weighted by Gasteiger charge is 2.31. The Balaban J connectivity index is 2.47. The van der Waals surface area contributed by atoms with Gasteiger partial charge in [0.25, 0.3) is 0 Å². The first-order chi connectivity index (χ1) is 16.1. The van der Waals surface area contributed by atoms with Crippen molar-refractivity contribution in [1.29, 1.82) is 0 Å². The number of nitrogens with zero attached hydrogens (tertiary/aromatic N) is 1. The molecule has 2 N–H and O–H groups in total. The van der Waals surface area contributed by atoms with Gasteiger partial charge in [-0.25, -0.2) is 0 Å². The third kappa shape index (κ3) is 5.90. The maximum Gasteiger partial charge on any atom is 0.127 e. The quantitative estimate of drug-likeness (QED) is 0.422. The molecule has 3 aromatic carbocycles. The van der Waals surface area contributed by atoms with E-state index < -0.39 is 7.92 Å². The Hall–Kier alpha value is -2.35. The number of rotatable bonds is 5. The van der Waals surface area contributed by atoms with Crippen LogP contribution in [0.5, 0.6) is 11.5 Å². The highest BCUT2D eigenvalue weighted by atomic mass is 31.1. The monoisotopic (exact) mass is 491 g/mol. The largest absolute Gasteiger partial charge is 0.507 e. The zero-order chi connectivity index (χ0) is 26.3. The minimum atomic E-state index is -1.22. The van der Waals surface area contributed by atoms with Crippen molar-refractivity contribution in [2.24, 2.45) is 0 Å². The molecular weight excluding hydrogens is 449 g/mol. The van der Waals surface area contributed by atoms with E-state index in [0.717, 1.165) is 44.7 Å². The molecule has 0 heterocycles. The Labute approximate surface area is 213 Å². The van der Waals surface area contributed by atoms with Crippen molar-refractivity contribution in [3.63, 3.8) is 0 Å². The molecule has 0 radical (unpaired) electrons. The van der Waals surface area contributed by atoms with Crippen molar-refractivity contribution >= 4 is 23.8 Å². The van der Waals surface area contributed by atoms with Crippen molar-refractivity contribution in [2.45, 2.75) is 72.8 Å². The molecule has 3 nitrogen and oxygen atoms in total. The summed E-state index contributed by atoms with van der Waals surface area (Å²) in [5.41, 5.74) is 4.90. The smallest absolute Gasteiger partial charge is 0.127 e. The number of benzene rings is 3. The predicted octanol–water partition coefficient (Wildman–Crippen LogP) is 6.13. The molecule has 0 amide bonds. The van der Waals surface area contributed by atoms with Crippen LogP contribution < -0.4 is 15.9 Å². The molecule has 0 spiro atoms. The minimum absolute atomic E-state index is 0.208. The average Bonchev–Trinajstić information content (AvgIpc) is 2.71. The number of aryl methyl sites for hydroxylation is 2. The molecule has 0 atom stereocenters. The number of hydrogen-bond acceptors (Lipinski definition) is 3. The van der Waals surface area contributed by atoms with Crippen LogP contribution in [-0.4, -0.2) is 29.2 Å². The Morgan fingerprint density at radius 2 is 1.11 bits per heavy atom. The van der Waals surface area contributed by atoms with Gasteiger partial charge in [-0.3, -0.25) is 0 Å². The molecule has 4 heteroatoms. The summed E-state index contributed by atoms with van der Waals surface area (Å²) >= 11 is 0. The van der Waals surface area contributed by atoms with Gasteiger partial charge in [0.2, 0.25) is 0 Å². The summed E-state index contributed by atoms with van der Waals surface area (Å²) in [4.78, 5) is 2.17. The molecule has 3 aromatic rings. The number of phenols is 2. The third-order valence-corrected chi connectivity index (χ3v) is 8.85. The van der Waals surface area contributed by atoms with Gasteiger partial charge >= 0.3 is 0 Å². The minimum Gasteiger partial charge on any atom is -0.507 e. The SMILES string of the molecule is Cc1cc(P(c2ccccc2CN(C)C)c2cc(C)cc(C(C)(C)C)c2O)c(O)c(C(C)(C)C)c1. The summed E-state index contributed by atoms with van der Waals surface area (Å²) in [6.07, 6.45) is 0. The lowest BCUT2D eigenvalue weighted by atomic mass is 9.85. The van der Waals surface area contributed by atoms with Gasteiger partial charge in [-0.1, -0.05) is 77.9 Å². The van der Waals surface area contributed by atoms with E-state index in [2.05, 4.69) is 123 Å². The fourth-order valence-electron chi connectivity index (χ4n) is 4.60. The van der Waals surface area contributed by atoms with Crippen LogP contribution in [0.25, 0.3) is 0 Å². The van der Waals surface area contributed by atoms with E-state index in [1.54, 1.807) is 0 Å². The molecule has 0 bridgehead atoms. The van der Waals surface area contributed by atoms with E-state index in [-0.39, 0.29) is 10.8 Å².